The molecular weight excluding hydrogens is 348 g/mol. The third-order valence-corrected chi connectivity index (χ3v) is 4.18. The zero-order valence-corrected chi connectivity index (χ0v) is 14.9. The van der Waals surface area contributed by atoms with Gasteiger partial charge in [-0.05, 0) is 34.9 Å². The molecule has 0 amide bonds. The molecule has 4 aromatic rings. The van der Waals surface area contributed by atoms with Crippen molar-refractivity contribution in [3.05, 3.63) is 107 Å². The zero-order valence-electron chi connectivity index (χ0n) is 14.9. The van der Waals surface area contributed by atoms with Crippen LogP contribution >= 0.6 is 0 Å². The van der Waals surface area contributed by atoms with Gasteiger partial charge in [-0.15, -0.1) is 0 Å². The standard InChI is InChI=1S/C22H16N6/c23-27-25-22-20(16-24-18-12-6-2-7-13-18)21(17-10-4-1-5-11-17)26-28(22)19-14-8-3-9-15-19/h1-16H. The van der Waals surface area contributed by atoms with Crippen LogP contribution in [-0.4, -0.2) is 16.0 Å². The lowest BCUT2D eigenvalue weighted by Gasteiger charge is -2.03. The topological polar surface area (TPSA) is 78.9 Å². The van der Waals surface area contributed by atoms with Gasteiger partial charge in [-0.25, -0.2) is 4.68 Å². The van der Waals surface area contributed by atoms with Crippen molar-refractivity contribution in [3.8, 4) is 16.9 Å². The van der Waals surface area contributed by atoms with Gasteiger partial charge in [0.05, 0.1) is 11.4 Å². The summed E-state index contributed by atoms with van der Waals surface area (Å²) in [6.45, 7) is 0. The van der Waals surface area contributed by atoms with Gasteiger partial charge in [0, 0.05) is 22.3 Å². The zero-order chi connectivity index (χ0) is 19.2. The molecule has 0 radical (unpaired) electrons. The second-order valence-electron chi connectivity index (χ2n) is 5.98. The number of azide groups is 1. The Morgan fingerprint density at radius 3 is 2.07 bits per heavy atom. The van der Waals surface area contributed by atoms with Crippen LogP contribution in [0.2, 0.25) is 0 Å². The highest BCUT2D eigenvalue weighted by Crippen LogP contribution is 2.32. The largest absolute Gasteiger partial charge is 0.256 e. The second kappa shape index (κ2) is 8.03. The first-order valence-electron chi connectivity index (χ1n) is 8.75. The van der Waals surface area contributed by atoms with Crippen molar-refractivity contribution in [1.82, 2.24) is 9.78 Å². The third-order valence-electron chi connectivity index (χ3n) is 4.18. The summed E-state index contributed by atoms with van der Waals surface area (Å²) in [7, 11) is 0. The van der Waals surface area contributed by atoms with E-state index in [2.05, 4.69) is 15.0 Å². The number of para-hydroxylation sites is 2. The summed E-state index contributed by atoms with van der Waals surface area (Å²) in [6, 6.07) is 29.0. The number of hydrogen-bond acceptors (Lipinski definition) is 3. The number of aromatic nitrogens is 2. The molecule has 0 aliphatic carbocycles. The molecule has 4 rings (SSSR count). The molecule has 0 unspecified atom stereocenters. The number of benzene rings is 3. The fourth-order valence-electron chi connectivity index (χ4n) is 2.89. The molecule has 3 aromatic carbocycles. The van der Waals surface area contributed by atoms with E-state index in [1.807, 2.05) is 91.0 Å². The lowest BCUT2D eigenvalue weighted by Crippen LogP contribution is -1.95. The van der Waals surface area contributed by atoms with E-state index in [1.54, 1.807) is 10.9 Å². The molecule has 0 bridgehead atoms. The lowest BCUT2D eigenvalue weighted by atomic mass is 10.1. The maximum atomic E-state index is 9.15. The highest BCUT2D eigenvalue weighted by Gasteiger charge is 2.18. The highest BCUT2D eigenvalue weighted by atomic mass is 15.4. The summed E-state index contributed by atoms with van der Waals surface area (Å²) in [5.41, 5.74) is 13.0. The van der Waals surface area contributed by atoms with Crippen molar-refractivity contribution >= 4 is 17.7 Å². The Morgan fingerprint density at radius 2 is 1.43 bits per heavy atom. The van der Waals surface area contributed by atoms with E-state index in [4.69, 9.17) is 10.6 Å². The SMILES string of the molecule is [N-]=[N+]=Nc1c(C=Nc2ccccc2)c(-c2ccccc2)nn1-c1ccccc1. The fraction of sp³-hybridized carbons (Fsp3) is 0. The first-order chi connectivity index (χ1) is 13.9. The summed E-state index contributed by atoms with van der Waals surface area (Å²) in [6.07, 6.45) is 1.70. The maximum Gasteiger partial charge on any atom is 0.140 e. The van der Waals surface area contributed by atoms with Crippen LogP contribution in [0.1, 0.15) is 5.56 Å². The highest BCUT2D eigenvalue weighted by molar-refractivity contribution is 5.95. The minimum absolute atomic E-state index is 0.396. The van der Waals surface area contributed by atoms with Gasteiger partial charge >= 0.3 is 0 Å². The normalized spacial score (nSPS) is 10.7. The quantitative estimate of drug-likeness (QED) is 0.179. The fourth-order valence-corrected chi connectivity index (χ4v) is 2.89. The van der Waals surface area contributed by atoms with Crippen LogP contribution in [0.5, 0.6) is 0 Å². The molecule has 134 valence electrons. The van der Waals surface area contributed by atoms with E-state index in [0.29, 0.717) is 17.1 Å². The van der Waals surface area contributed by atoms with Gasteiger partial charge < -0.3 is 0 Å². The minimum Gasteiger partial charge on any atom is -0.256 e. The van der Waals surface area contributed by atoms with E-state index < -0.39 is 0 Å². The molecule has 0 aliphatic rings. The number of aliphatic imine (C=N–C) groups is 1. The molecule has 0 saturated heterocycles. The minimum atomic E-state index is 0.396. The van der Waals surface area contributed by atoms with Gasteiger partial charge in [-0.1, -0.05) is 66.7 Å². The Morgan fingerprint density at radius 1 is 0.821 bits per heavy atom. The van der Waals surface area contributed by atoms with Crippen molar-refractivity contribution in [1.29, 1.82) is 0 Å². The predicted molar refractivity (Wildman–Crippen MR) is 112 cm³/mol. The Balaban J connectivity index is 1.94. The average Bonchev–Trinajstić information content (AvgIpc) is 3.13. The van der Waals surface area contributed by atoms with Crippen LogP contribution in [0, 0.1) is 0 Å². The Kier molecular flexibility index (Phi) is 4.96. The molecule has 0 spiro atoms. The van der Waals surface area contributed by atoms with Crippen LogP contribution in [-0.2, 0) is 0 Å². The molecule has 0 fully saturated rings. The molecule has 0 aliphatic heterocycles. The van der Waals surface area contributed by atoms with Crippen molar-refractivity contribution in [3.63, 3.8) is 0 Å². The van der Waals surface area contributed by atoms with Crippen LogP contribution < -0.4 is 0 Å². The van der Waals surface area contributed by atoms with Crippen LogP contribution in [0.25, 0.3) is 27.4 Å². The first kappa shape index (κ1) is 17.3. The summed E-state index contributed by atoms with van der Waals surface area (Å²) >= 11 is 0. The Labute approximate surface area is 162 Å². The molecule has 0 saturated carbocycles. The van der Waals surface area contributed by atoms with Gasteiger partial charge in [-0.3, -0.25) is 4.99 Å². The number of rotatable bonds is 5. The van der Waals surface area contributed by atoms with E-state index in [0.717, 1.165) is 16.9 Å². The molecule has 0 N–H and O–H groups in total. The molecule has 1 aromatic heterocycles. The first-order valence-corrected chi connectivity index (χ1v) is 8.75. The lowest BCUT2D eigenvalue weighted by molar-refractivity contribution is 0.882. The molecule has 28 heavy (non-hydrogen) atoms. The van der Waals surface area contributed by atoms with Gasteiger partial charge in [-0.2, -0.15) is 5.10 Å². The smallest absolute Gasteiger partial charge is 0.140 e. The summed E-state index contributed by atoms with van der Waals surface area (Å²) in [4.78, 5) is 7.57. The molecule has 0 atom stereocenters. The third kappa shape index (κ3) is 3.53. The van der Waals surface area contributed by atoms with Crippen molar-refractivity contribution in [2.45, 2.75) is 0 Å². The molecule has 1 heterocycles. The van der Waals surface area contributed by atoms with Crippen molar-refractivity contribution in [2.75, 3.05) is 0 Å². The van der Waals surface area contributed by atoms with Gasteiger partial charge in [0.1, 0.15) is 11.5 Å². The monoisotopic (exact) mass is 364 g/mol. The van der Waals surface area contributed by atoms with Crippen LogP contribution in [0.15, 0.2) is 101 Å². The number of hydrogen-bond donors (Lipinski definition) is 0. The van der Waals surface area contributed by atoms with E-state index in [9.17, 15) is 0 Å². The van der Waals surface area contributed by atoms with Crippen molar-refractivity contribution < 1.29 is 0 Å². The molecular formula is C22H16N6. The summed E-state index contributed by atoms with van der Waals surface area (Å²) < 4.78 is 1.65. The predicted octanol–water partition coefficient (Wildman–Crippen LogP) is 6.23. The average molecular weight is 364 g/mol. The Bertz CT molecular complexity index is 1140. The van der Waals surface area contributed by atoms with E-state index in [1.165, 1.54) is 0 Å². The Hall–Kier alpha value is -4.15. The van der Waals surface area contributed by atoms with Gasteiger partial charge in [0.25, 0.3) is 0 Å². The summed E-state index contributed by atoms with van der Waals surface area (Å²) in [5, 5.41) is 8.67. The van der Waals surface area contributed by atoms with Crippen molar-refractivity contribution in [2.24, 2.45) is 10.1 Å². The van der Waals surface area contributed by atoms with E-state index in [-0.39, 0.29) is 0 Å². The molecule has 6 heteroatoms. The van der Waals surface area contributed by atoms with Crippen LogP contribution in [0.3, 0.4) is 0 Å². The maximum absolute atomic E-state index is 9.15. The molecule has 6 nitrogen and oxygen atoms in total. The number of nitrogens with zero attached hydrogens (tertiary/aromatic N) is 6. The summed E-state index contributed by atoms with van der Waals surface area (Å²) in [5.74, 6) is 0.396. The van der Waals surface area contributed by atoms with Crippen LogP contribution in [0.4, 0.5) is 11.5 Å². The van der Waals surface area contributed by atoms with E-state index >= 15 is 0 Å². The second-order valence-corrected chi connectivity index (χ2v) is 5.98. The van der Waals surface area contributed by atoms with Gasteiger partial charge in [0.2, 0.25) is 0 Å². The van der Waals surface area contributed by atoms with Gasteiger partial charge in [0.15, 0.2) is 0 Å².